The monoisotopic (exact) mass is 236 g/mol. The zero-order valence-corrected chi connectivity index (χ0v) is 9.54. The normalized spacial score (nSPS) is 11.3. The van der Waals surface area contributed by atoms with Crippen molar-refractivity contribution in [3.63, 3.8) is 0 Å². The molecule has 0 unspecified atom stereocenters. The van der Waals surface area contributed by atoms with Gasteiger partial charge < -0.3 is 0 Å². The smallest absolute Gasteiger partial charge is 0.140 e. The molecular formula is C11H9ClN2S. The van der Waals surface area contributed by atoms with Gasteiger partial charge in [-0.1, -0.05) is 29.8 Å². The highest BCUT2D eigenvalue weighted by Crippen LogP contribution is 2.20. The summed E-state index contributed by atoms with van der Waals surface area (Å²) in [6.07, 6.45) is 5.45. The average molecular weight is 237 g/mol. The number of aromatic nitrogens is 2. The fourth-order valence-electron chi connectivity index (χ4n) is 1.33. The fraction of sp³-hybridized carbons (Fsp3) is 0.0909. The third-order valence-corrected chi connectivity index (χ3v) is 2.54. The van der Waals surface area contributed by atoms with E-state index in [1.165, 1.54) is 6.33 Å². The standard InChI is InChI=1S/C11H9ClN2S/c12-11-9-4-3-8(2-1-5-15)6-10(9)13-7-14-11/h1-4,6-7,15H,5H2. The van der Waals surface area contributed by atoms with E-state index < -0.39 is 0 Å². The van der Waals surface area contributed by atoms with Gasteiger partial charge in [-0.15, -0.1) is 0 Å². The molecular weight excluding hydrogens is 228 g/mol. The molecule has 0 spiro atoms. The second kappa shape index (κ2) is 4.64. The van der Waals surface area contributed by atoms with Crippen molar-refractivity contribution < 1.29 is 0 Å². The summed E-state index contributed by atoms with van der Waals surface area (Å²) in [5.74, 6) is 0.725. The molecule has 1 aromatic carbocycles. The summed E-state index contributed by atoms with van der Waals surface area (Å²) in [4.78, 5) is 8.09. The molecule has 0 aliphatic rings. The number of thiol groups is 1. The van der Waals surface area contributed by atoms with Crippen LogP contribution < -0.4 is 0 Å². The molecule has 0 saturated heterocycles. The molecule has 0 radical (unpaired) electrons. The molecule has 2 aromatic rings. The number of fused-ring (bicyclic) bond motifs is 1. The van der Waals surface area contributed by atoms with Gasteiger partial charge in [-0.25, -0.2) is 9.97 Å². The van der Waals surface area contributed by atoms with E-state index in [0.717, 1.165) is 22.2 Å². The summed E-state index contributed by atoms with van der Waals surface area (Å²) in [6, 6.07) is 5.89. The number of hydrogen-bond donors (Lipinski definition) is 1. The Balaban J connectivity index is 2.52. The first-order chi connectivity index (χ1) is 7.31. The topological polar surface area (TPSA) is 25.8 Å². The van der Waals surface area contributed by atoms with E-state index in [4.69, 9.17) is 11.6 Å². The molecule has 2 rings (SSSR count). The van der Waals surface area contributed by atoms with Crippen LogP contribution in [0, 0.1) is 0 Å². The minimum absolute atomic E-state index is 0.490. The number of benzene rings is 1. The maximum absolute atomic E-state index is 5.93. The second-order valence-corrected chi connectivity index (χ2v) is 3.75. The third kappa shape index (κ3) is 2.30. The largest absolute Gasteiger partial charge is 0.236 e. The SMILES string of the molecule is SCC=Cc1ccc2c(Cl)ncnc2c1. The van der Waals surface area contributed by atoms with Crippen LogP contribution in [0.1, 0.15) is 5.56 Å². The summed E-state index contributed by atoms with van der Waals surface area (Å²) < 4.78 is 0. The minimum atomic E-state index is 0.490. The Kier molecular flexibility index (Phi) is 3.23. The first-order valence-corrected chi connectivity index (χ1v) is 5.50. The Morgan fingerprint density at radius 1 is 1.33 bits per heavy atom. The second-order valence-electron chi connectivity index (χ2n) is 3.03. The summed E-state index contributed by atoms with van der Waals surface area (Å²) in [5, 5.41) is 1.37. The molecule has 1 aromatic heterocycles. The van der Waals surface area contributed by atoms with Crippen LogP contribution in [-0.4, -0.2) is 15.7 Å². The van der Waals surface area contributed by atoms with Crippen LogP contribution in [-0.2, 0) is 0 Å². The van der Waals surface area contributed by atoms with E-state index in [1.807, 2.05) is 30.4 Å². The molecule has 0 atom stereocenters. The lowest BCUT2D eigenvalue weighted by molar-refractivity contribution is 1.22. The molecule has 4 heteroatoms. The lowest BCUT2D eigenvalue weighted by atomic mass is 10.1. The maximum atomic E-state index is 5.93. The van der Waals surface area contributed by atoms with Crippen LogP contribution in [0.2, 0.25) is 5.15 Å². The van der Waals surface area contributed by atoms with Gasteiger partial charge in [0.15, 0.2) is 0 Å². The Morgan fingerprint density at radius 3 is 3.00 bits per heavy atom. The maximum Gasteiger partial charge on any atom is 0.140 e. The van der Waals surface area contributed by atoms with E-state index in [1.54, 1.807) is 0 Å². The fourth-order valence-corrected chi connectivity index (χ4v) is 1.64. The van der Waals surface area contributed by atoms with Crippen molar-refractivity contribution in [2.24, 2.45) is 0 Å². The van der Waals surface area contributed by atoms with Crippen LogP contribution in [0.5, 0.6) is 0 Å². The van der Waals surface area contributed by atoms with E-state index in [0.29, 0.717) is 5.15 Å². The Hall–Kier alpha value is -1.06. The van der Waals surface area contributed by atoms with Crippen molar-refractivity contribution in [3.8, 4) is 0 Å². The number of hydrogen-bond acceptors (Lipinski definition) is 3. The summed E-state index contributed by atoms with van der Waals surface area (Å²) in [6.45, 7) is 0. The predicted octanol–water partition coefficient (Wildman–Crippen LogP) is 3.23. The van der Waals surface area contributed by atoms with Gasteiger partial charge in [-0.2, -0.15) is 12.6 Å². The highest BCUT2D eigenvalue weighted by atomic mass is 35.5. The summed E-state index contributed by atoms with van der Waals surface area (Å²) in [5.41, 5.74) is 1.95. The molecule has 2 nitrogen and oxygen atoms in total. The lowest BCUT2D eigenvalue weighted by Crippen LogP contribution is -1.84. The van der Waals surface area contributed by atoms with E-state index >= 15 is 0 Å². The van der Waals surface area contributed by atoms with E-state index in [9.17, 15) is 0 Å². The molecule has 0 aliphatic carbocycles. The van der Waals surface area contributed by atoms with Gasteiger partial charge in [0.1, 0.15) is 11.5 Å². The minimum Gasteiger partial charge on any atom is -0.236 e. The Labute approximate surface area is 98.4 Å². The van der Waals surface area contributed by atoms with E-state index in [2.05, 4.69) is 22.6 Å². The molecule has 0 aliphatic heterocycles. The van der Waals surface area contributed by atoms with Gasteiger partial charge in [0.2, 0.25) is 0 Å². The van der Waals surface area contributed by atoms with Crippen molar-refractivity contribution in [2.45, 2.75) is 0 Å². The van der Waals surface area contributed by atoms with Crippen LogP contribution in [0.4, 0.5) is 0 Å². The predicted molar refractivity (Wildman–Crippen MR) is 67.4 cm³/mol. The van der Waals surface area contributed by atoms with Crippen molar-refractivity contribution in [1.29, 1.82) is 0 Å². The van der Waals surface area contributed by atoms with Gasteiger partial charge >= 0.3 is 0 Å². The first-order valence-electron chi connectivity index (χ1n) is 4.49. The average Bonchev–Trinajstić information content (AvgIpc) is 2.26. The Bertz CT molecular complexity index is 511. The van der Waals surface area contributed by atoms with Crippen molar-refractivity contribution in [2.75, 3.05) is 5.75 Å². The highest BCUT2D eigenvalue weighted by molar-refractivity contribution is 7.80. The molecule has 0 amide bonds. The van der Waals surface area contributed by atoms with Crippen LogP contribution in [0.3, 0.4) is 0 Å². The van der Waals surface area contributed by atoms with E-state index in [-0.39, 0.29) is 0 Å². The Morgan fingerprint density at radius 2 is 2.20 bits per heavy atom. The molecule has 15 heavy (non-hydrogen) atoms. The van der Waals surface area contributed by atoms with Gasteiger partial charge in [0.25, 0.3) is 0 Å². The van der Waals surface area contributed by atoms with Crippen molar-refractivity contribution in [1.82, 2.24) is 9.97 Å². The van der Waals surface area contributed by atoms with Gasteiger partial charge in [0, 0.05) is 11.1 Å². The van der Waals surface area contributed by atoms with Crippen LogP contribution >= 0.6 is 24.2 Å². The van der Waals surface area contributed by atoms with Crippen LogP contribution in [0.25, 0.3) is 17.0 Å². The zero-order chi connectivity index (χ0) is 10.7. The van der Waals surface area contributed by atoms with Crippen molar-refractivity contribution in [3.05, 3.63) is 41.3 Å². The quantitative estimate of drug-likeness (QED) is 0.640. The zero-order valence-electron chi connectivity index (χ0n) is 7.89. The first kappa shape index (κ1) is 10.5. The van der Waals surface area contributed by atoms with Gasteiger partial charge in [-0.3, -0.25) is 0 Å². The molecule has 0 saturated carbocycles. The number of halogens is 1. The third-order valence-electron chi connectivity index (χ3n) is 2.03. The number of nitrogens with zero attached hydrogens (tertiary/aromatic N) is 2. The number of rotatable bonds is 2. The van der Waals surface area contributed by atoms with Crippen LogP contribution in [0.15, 0.2) is 30.6 Å². The lowest BCUT2D eigenvalue weighted by Gasteiger charge is -1.99. The molecule has 0 bridgehead atoms. The summed E-state index contributed by atoms with van der Waals surface area (Å²) in [7, 11) is 0. The molecule has 1 heterocycles. The molecule has 76 valence electrons. The summed E-state index contributed by atoms with van der Waals surface area (Å²) >= 11 is 10.0. The van der Waals surface area contributed by atoms with Gasteiger partial charge in [-0.05, 0) is 17.7 Å². The highest BCUT2D eigenvalue weighted by Gasteiger charge is 2.00. The molecule has 0 fully saturated rings. The molecule has 0 N–H and O–H groups in total. The van der Waals surface area contributed by atoms with Gasteiger partial charge in [0.05, 0.1) is 5.52 Å². The van der Waals surface area contributed by atoms with Crippen molar-refractivity contribution >= 4 is 41.2 Å².